The molecule has 0 bridgehead atoms. The highest BCUT2D eigenvalue weighted by atomic mass is 32.2. The molecule has 0 unspecified atom stereocenters. The fraction of sp³-hybridized carbons (Fsp3) is 0.333. The summed E-state index contributed by atoms with van der Waals surface area (Å²) in [7, 11) is -3.81. The van der Waals surface area contributed by atoms with Crippen LogP contribution in [0.4, 0.5) is 11.4 Å². The van der Waals surface area contributed by atoms with Crippen molar-refractivity contribution >= 4 is 21.4 Å². The zero-order valence-electron chi connectivity index (χ0n) is 14.3. The first-order chi connectivity index (χ1) is 12.5. The third-order valence-corrected chi connectivity index (χ3v) is 5.86. The second-order valence-electron chi connectivity index (χ2n) is 6.29. The highest BCUT2D eigenvalue weighted by Gasteiger charge is 2.17. The van der Waals surface area contributed by atoms with Crippen LogP contribution in [0.2, 0.25) is 0 Å². The maximum atomic E-state index is 12.4. The van der Waals surface area contributed by atoms with Crippen LogP contribution in [-0.4, -0.2) is 26.4 Å². The summed E-state index contributed by atoms with van der Waals surface area (Å²) in [4.78, 5) is 12.4. The Balaban J connectivity index is 1.66. The molecule has 0 spiro atoms. The van der Waals surface area contributed by atoms with Gasteiger partial charge in [0.15, 0.2) is 0 Å². The van der Waals surface area contributed by atoms with Gasteiger partial charge in [-0.25, -0.2) is 13.1 Å². The lowest BCUT2D eigenvalue weighted by Gasteiger charge is -2.28. The highest BCUT2D eigenvalue weighted by Crippen LogP contribution is 2.21. The first kappa shape index (κ1) is 18.3. The maximum absolute atomic E-state index is 12.4. The number of hydrogen-bond acceptors (Lipinski definition) is 5. The van der Waals surface area contributed by atoms with E-state index in [1.54, 1.807) is 0 Å². The number of benzene rings is 2. The average Bonchev–Trinajstić information content (AvgIpc) is 2.68. The Labute approximate surface area is 152 Å². The van der Waals surface area contributed by atoms with Crippen LogP contribution >= 0.6 is 0 Å². The van der Waals surface area contributed by atoms with Gasteiger partial charge in [-0.1, -0.05) is 18.2 Å². The molecule has 0 saturated carbocycles. The molecule has 1 fully saturated rings. The predicted molar refractivity (Wildman–Crippen MR) is 99.6 cm³/mol. The molecule has 1 heterocycles. The standard InChI is InChI=1S/C18H21N3O4S/c22-21(23)17-5-4-6-18(13-17)26(24,25)19-14-15-7-9-16(10-8-15)20-11-2-1-3-12-20/h4-10,13,19H,1-3,11-12,14H2. The van der Waals surface area contributed by atoms with Gasteiger partial charge in [0.2, 0.25) is 10.0 Å². The Morgan fingerprint density at radius 2 is 1.73 bits per heavy atom. The molecule has 0 aliphatic carbocycles. The minimum Gasteiger partial charge on any atom is -0.372 e. The van der Waals surface area contributed by atoms with E-state index in [0.717, 1.165) is 30.4 Å². The minimum absolute atomic E-state index is 0.114. The summed E-state index contributed by atoms with van der Waals surface area (Å²) in [6.07, 6.45) is 3.67. The first-order valence-corrected chi connectivity index (χ1v) is 10.0. The van der Waals surface area contributed by atoms with Crippen molar-refractivity contribution in [2.24, 2.45) is 0 Å². The number of anilines is 1. The van der Waals surface area contributed by atoms with E-state index in [9.17, 15) is 18.5 Å². The van der Waals surface area contributed by atoms with E-state index in [0.29, 0.717) is 0 Å². The largest absolute Gasteiger partial charge is 0.372 e. The third-order valence-electron chi connectivity index (χ3n) is 4.46. The van der Waals surface area contributed by atoms with Crippen LogP contribution in [0.5, 0.6) is 0 Å². The Bertz CT molecular complexity index is 876. The molecule has 1 aliphatic heterocycles. The second kappa shape index (κ2) is 7.84. The van der Waals surface area contributed by atoms with Gasteiger partial charge in [-0.05, 0) is 43.0 Å². The van der Waals surface area contributed by atoms with Crippen molar-refractivity contribution in [1.29, 1.82) is 0 Å². The number of nitrogens with zero attached hydrogens (tertiary/aromatic N) is 2. The van der Waals surface area contributed by atoms with Crippen molar-refractivity contribution in [3.05, 3.63) is 64.2 Å². The summed E-state index contributed by atoms with van der Waals surface area (Å²) in [5, 5.41) is 10.8. The summed E-state index contributed by atoms with van der Waals surface area (Å²) in [6.45, 7) is 2.24. The van der Waals surface area contributed by atoms with E-state index in [1.165, 1.54) is 37.5 Å². The van der Waals surface area contributed by atoms with Crippen molar-refractivity contribution in [2.75, 3.05) is 18.0 Å². The molecular formula is C18H21N3O4S. The SMILES string of the molecule is O=[N+]([O-])c1cccc(S(=O)(=O)NCc2ccc(N3CCCCC3)cc2)c1. The lowest BCUT2D eigenvalue weighted by atomic mass is 10.1. The van der Waals surface area contributed by atoms with Gasteiger partial charge in [0.25, 0.3) is 5.69 Å². The minimum atomic E-state index is -3.81. The molecule has 0 aromatic heterocycles. The first-order valence-electron chi connectivity index (χ1n) is 8.54. The molecule has 26 heavy (non-hydrogen) atoms. The molecule has 2 aromatic carbocycles. The predicted octanol–water partition coefficient (Wildman–Crippen LogP) is 3.06. The highest BCUT2D eigenvalue weighted by molar-refractivity contribution is 7.89. The van der Waals surface area contributed by atoms with Crippen LogP contribution in [0.15, 0.2) is 53.4 Å². The number of nitrogens with one attached hydrogen (secondary N) is 1. The normalized spacial score (nSPS) is 15.0. The Morgan fingerprint density at radius 3 is 2.38 bits per heavy atom. The molecule has 2 aromatic rings. The second-order valence-corrected chi connectivity index (χ2v) is 8.06. The fourth-order valence-corrected chi connectivity index (χ4v) is 4.06. The van der Waals surface area contributed by atoms with Gasteiger partial charge in [-0.2, -0.15) is 0 Å². The summed E-state index contributed by atoms with van der Waals surface area (Å²) in [5.41, 5.74) is 1.73. The molecule has 8 heteroatoms. The van der Waals surface area contributed by atoms with Crippen LogP contribution in [0, 0.1) is 10.1 Å². The zero-order valence-corrected chi connectivity index (χ0v) is 15.1. The van der Waals surface area contributed by atoms with Crippen LogP contribution in [0.1, 0.15) is 24.8 Å². The number of piperidine rings is 1. The topological polar surface area (TPSA) is 92.5 Å². The Kier molecular flexibility index (Phi) is 5.53. The number of rotatable bonds is 6. The summed E-state index contributed by atoms with van der Waals surface area (Å²) < 4.78 is 27.2. The van der Waals surface area contributed by atoms with Crippen molar-refractivity contribution < 1.29 is 13.3 Å². The smallest absolute Gasteiger partial charge is 0.270 e. The molecule has 1 aliphatic rings. The Morgan fingerprint density at radius 1 is 1.04 bits per heavy atom. The van der Waals surface area contributed by atoms with Gasteiger partial charge in [0.05, 0.1) is 9.82 Å². The summed E-state index contributed by atoms with van der Waals surface area (Å²) in [5.74, 6) is 0. The number of sulfonamides is 1. The van der Waals surface area contributed by atoms with Gasteiger partial charge < -0.3 is 4.90 Å². The van der Waals surface area contributed by atoms with Gasteiger partial charge in [-0.3, -0.25) is 10.1 Å². The van der Waals surface area contributed by atoms with E-state index < -0.39 is 14.9 Å². The van der Waals surface area contributed by atoms with Gasteiger partial charge in [0.1, 0.15) is 0 Å². The molecule has 3 rings (SSSR count). The van der Waals surface area contributed by atoms with E-state index >= 15 is 0 Å². The van der Waals surface area contributed by atoms with Crippen molar-refractivity contribution in [1.82, 2.24) is 4.72 Å². The summed E-state index contributed by atoms with van der Waals surface area (Å²) >= 11 is 0. The summed E-state index contributed by atoms with van der Waals surface area (Å²) in [6, 6.07) is 12.8. The van der Waals surface area contributed by atoms with Crippen molar-refractivity contribution in [3.63, 3.8) is 0 Å². The molecule has 0 atom stereocenters. The number of nitro benzene ring substituents is 1. The molecule has 1 saturated heterocycles. The van der Waals surface area contributed by atoms with Gasteiger partial charge in [-0.15, -0.1) is 0 Å². The molecule has 0 radical (unpaired) electrons. The average molecular weight is 375 g/mol. The van der Waals surface area contributed by atoms with Crippen LogP contribution in [-0.2, 0) is 16.6 Å². The fourth-order valence-electron chi connectivity index (χ4n) is 3.00. The molecular weight excluding hydrogens is 354 g/mol. The van der Waals surface area contributed by atoms with Crippen LogP contribution in [0.25, 0.3) is 0 Å². The number of hydrogen-bond donors (Lipinski definition) is 1. The molecule has 7 nitrogen and oxygen atoms in total. The van der Waals surface area contributed by atoms with Crippen molar-refractivity contribution in [2.45, 2.75) is 30.7 Å². The monoisotopic (exact) mass is 375 g/mol. The lowest BCUT2D eigenvalue weighted by Crippen LogP contribution is -2.29. The van der Waals surface area contributed by atoms with E-state index in [1.807, 2.05) is 24.3 Å². The van der Waals surface area contributed by atoms with Crippen LogP contribution in [0.3, 0.4) is 0 Å². The van der Waals surface area contributed by atoms with E-state index in [-0.39, 0.29) is 17.1 Å². The van der Waals surface area contributed by atoms with E-state index in [2.05, 4.69) is 9.62 Å². The van der Waals surface area contributed by atoms with Crippen LogP contribution < -0.4 is 9.62 Å². The molecule has 1 N–H and O–H groups in total. The maximum Gasteiger partial charge on any atom is 0.270 e. The molecule has 138 valence electrons. The number of non-ortho nitro benzene ring substituents is 1. The van der Waals surface area contributed by atoms with Gasteiger partial charge in [0, 0.05) is 37.5 Å². The molecule has 0 amide bonds. The quantitative estimate of drug-likeness (QED) is 0.619. The lowest BCUT2D eigenvalue weighted by molar-refractivity contribution is -0.385. The number of nitro groups is 1. The third kappa shape index (κ3) is 4.39. The van der Waals surface area contributed by atoms with Gasteiger partial charge >= 0.3 is 0 Å². The Hall–Kier alpha value is -2.45. The van der Waals surface area contributed by atoms with Crippen molar-refractivity contribution in [3.8, 4) is 0 Å². The van der Waals surface area contributed by atoms with E-state index in [4.69, 9.17) is 0 Å². The zero-order chi connectivity index (χ0) is 18.6.